The summed E-state index contributed by atoms with van der Waals surface area (Å²) >= 11 is 0. The third kappa shape index (κ3) is 7.21. The summed E-state index contributed by atoms with van der Waals surface area (Å²) in [5.74, 6) is 0.533. The van der Waals surface area contributed by atoms with Gasteiger partial charge in [0.1, 0.15) is 5.75 Å². The topological polar surface area (TPSA) is 76.6 Å². The van der Waals surface area contributed by atoms with Gasteiger partial charge in [-0.3, -0.25) is 4.79 Å². The van der Waals surface area contributed by atoms with Crippen molar-refractivity contribution >= 4 is 17.6 Å². The summed E-state index contributed by atoms with van der Waals surface area (Å²) in [7, 11) is 0. The maximum atomic E-state index is 12.3. The number of benzene rings is 2. The number of piperidine rings is 1. The lowest BCUT2D eigenvalue weighted by molar-refractivity contribution is -0.149. The monoisotopic (exact) mass is 496 g/mol. The van der Waals surface area contributed by atoms with Crippen LogP contribution < -0.4 is 10.1 Å². The molecule has 0 amide bonds. The minimum absolute atomic E-state index is 0.0268. The Labute approximate surface area is 209 Å². The highest BCUT2D eigenvalue weighted by Gasteiger charge is 2.25. The number of carbonyl (C=O) groups is 1. The largest absolute Gasteiger partial charge is 0.466 e. The normalized spacial score (nSPS) is 14.6. The third-order valence-electron chi connectivity index (χ3n) is 6.17. The Kier molecular flexibility index (Phi) is 8.78. The van der Waals surface area contributed by atoms with E-state index < -0.39 is 6.61 Å². The lowest BCUT2D eigenvalue weighted by Gasteiger charge is -2.30. The fourth-order valence-corrected chi connectivity index (χ4v) is 4.24. The van der Waals surface area contributed by atoms with E-state index in [0.717, 1.165) is 55.7 Å². The average Bonchev–Trinajstić information content (AvgIpc) is 2.89. The Morgan fingerprint density at radius 2 is 1.81 bits per heavy atom. The van der Waals surface area contributed by atoms with E-state index in [-0.39, 0.29) is 17.6 Å². The van der Waals surface area contributed by atoms with Gasteiger partial charge in [-0.25, -0.2) is 9.97 Å². The van der Waals surface area contributed by atoms with Gasteiger partial charge in [0.25, 0.3) is 0 Å². The number of likely N-dealkylation sites (tertiary alicyclic amines) is 1. The van der Waals surface area contributed by atoms with E-state index in [2.05, 4.69) is 37.1 Å². The van der Waals surface area contributed by atoms with Crippen molar-refractivity contribution in [2.75, 3.05) is 31.6 Å². The summed E-state index contributed by atoms with van der Waals surface area (Å²) in [5.41, 5.74) is 3.67. The second-order valence-corrected chi connectivity index (χ2v) is 8.64. The smallest absolute Gasteiger partial charge is 0.387 e. The van der Waals surface area contributed by atoms with E-state index in [9.17, 15) is 13.6 Å². The standard InChI is InChI=1S/C27H30F2N4O3/c1-2-35-25(34)21-11-14-33(15-12-21)13-10-19-4-3-5-23(16-19)32-27-30-17-22(18-31-27)20-6-8-24(9-7-20)36-26(28)29/h3-9,16-18,21,26H,2,10-15H2,1H3,(H,30,31,32). The first-order valence-electron chi connectivity index (χ1n) is 12.1. The SMILES string of the molecule is CCOC(=O)C1CCN(CCc2cccc(Nc3ncc(-c4ccc(OC(F)F)cc4)cn3)c2)CC1. The first-order chi connectivity index (χ1) is 17.5. The van der Waals surface area contributed by atoms with Crippen molar-refractivity contribution in [1.82, 2.24) is 14.9 Å². The molecule has 1 N–H and O–H groups in total. The Hall–Kier alpha value is -3.59. The molecule has 3 aromatic rings. The molecular formula is C27H30F2N4O3. The van der Waals surface area contributed by atoms with Crippen molar-refractivity contribution < 1.29 is 23.0 Å². The minimum atomic E-state index is -2.85. The van der Waals surface area contributed by atoms with Gasteiger partial charge in [0.05, 0.1) is 12.5 Å². The zero-order chi connectivity index (χ0) is 25.3. The molecule has 190 valence electrons. The van der Waals surface area contributed by atoms with E-state index in [0.29, 0.717) is 12.6 Å². The van der Waals surface area contributed by atoms with E-state index >= 15 is 0 Å². The van der Waals surface area contributed by atoms with Gasteiger partial charge in [-0.2, -0.15) is 8.78 Å². The molecule has 0 saturated carbocycles. The van der Waals surface area contributed by atoms with Crippen LogP contribution in [-0.4, -0.2) is 53.7 Å². The lowest BCUT2D eigenvalue weighted by atomic mass is 9.96. The molecule has 1 aliphatic rings. The molecule has 36 heavy (non-hydrogen) atoms. The van der Waals surface area contributed by atoms with Crippen LogP contribution in [-0.2, 0) is 16.0 Å². The molecule has 2 heterocycles. The van der Waals surface area contributed by atoms with Crippen LogP contribution >= 0.6 is 0 Å². The molecule has 0 unspecified atom stereocenters. The van der Waals surface area contributed by atoms with E-state index in [1.165, 1.54) is 17.7 Å². The van der Waals surface area contributed by atoms with Gasteiger partial charge in [-0.15, -0.1) is 0 Å². The van der Waals surface area contributed by atoms with Crippen LogP contribution in [0.25, 0.3) is 11.1 Å². The molecule has 0 atom stereocenters. The summed E-state index contributed by atoms with van der Waals surface area (Å²) in [6, 6.07) is 14.5. The maximum Gasteiger partial charge on any atom is 0.387 e. The third-order valence-corrected chi connectivity index (χ3v) is 6.17. The van der Waals surface area contributed by atoms with Crippen LogP contribution in [0.2, 0.25) is 0 Å². The van der Waals surface area contributed by atoms with Crippen molar-refractivity contribution in [1.29, 1.82) is 0 Å². The Balaban J connectivity index is 1.28. The molecule has 1 saturated heterocycles. The lowest BCUT2D eigenvalue weighted by Crippen LogP contribution is -2.38. The van der Waals surface area contributed by atoms with Gasteiger partial charge in [0.15, 0.2) is 0 Å². The van der Waals surface area contributed by atoms with E-state index in [4.69, 9.17) is 4.74 Å². The zero-order valence-electron chi connectivity index (χ0n) is 20.2. The molecule has 0 radical (unpaired) electrons. The number of rotatable bonds is 10. The number of aromatic nitrogens is 2. The fraction of sp³-hybridized carbons (Fsp3) is 0.370. The van der Waals surface area contributed by atoms with Crippen LogP contribution in [0.5, 0.6) is 5.75 Å². The highest BCUT2D eigenvalue weighted by molar-refractivity contribution is 5.72. The molecule has 1 aromatic heterocycles. The number of hydrogen-bond acceptors (Lipinski definition) is 7. The van der Waals surface area contributed by atoms with Gasteiger partial charge >= 0.3 is 12.6 Å². The number of nitrogens with one attached hydrogen (secondary N) is 1. The van der Waals surface area contributed by atoms with Crippen molar-refractivity contribution in [2.24, 2.45) is 5.92 Å². The molecule has 0 aliphatic carbocycles. The van der Waals surface area contributed by atoms with Crippen molar-refractivity contribution in [3.05, 3.63) is 66.5 Å². The predicted octanol–water partition coefficient (Wildman–Crippen LogP) is 5.31. The zero-order valence-corrected chi connectivity index (χ0v) is 20.2. The van der Waals surface area contributed by atoms with Gasteiger partial charge in [0, 0.05) is 30.2 Å². The molecule has 7 nitrogen and oxygen atoms in total. The molecule has 2 aromatic carbocycles. The van der Waals surface area contributed by atoms with Crippen molar-refractivity contribution in [2.45, 2.75) is 32.8 Å². The number of hydrogen-bond donors (Lipinski definition) is 1. The maximum absolute atomic E-state index is 12.3. The van der Waals surface area contributed by atoms with Crippen LogP contribution in [0.15, 0.2) is 60.9 Å². The predicted molar refractivity (Wildman–Crippen MR) is 133 cm³/mol. The first kappa shape index (κ1) is 25.5. The van der Waals surface area contributed by atoms with Crippen LogP contribution in [0.4, 0.5) is 20.4 Å². The van der Waals surface area contributed by atoms with E-state index in [1.54, 1.807) is 24.5 Å². The Morgan fingerprint density at radius 1 is 1.08 bits per heavy atom. The Bertz CT molecular complexity index is 1120. The average molecular weight is 497 g/mol. The summed E-state index contributed by atoms with van der Waals surface area (Å²) in [4.78, 5) is 23.1. The van der Waals surface area contributed by atoms with Crippen LogP contribution in [0.3, 0.4) is 0 Å². The van der Waals surface area contributed by atoms with Crippen LogP contribution in [0, 0.1) is 5.92 Å². The number of alkyl halides is 2. The molecular weight excluding hydrogens is 466 g/mol. The highest BCUT2D eigenvalue weighted by atomic mass is 19.3. The quantitative estimate of drug-likeness (QED) is 0.382. The molecule has 9 heteroatoms. The number of nitrogens with zero attached hydrogens (tertiary/aromatic N) is 3. The number of esters is 1. The minimum Gasteiger partial charge on any atom is -0.466 e. The number of ether oxygens (including phenoxy) is 2. The second kappa shape index (κ2) is 12.4. The molecule has 0 bridgehead atoms. The summed E-state index contributed by atoms with van der Waals surface area (Å²) < 4.78 is 34.2. The molecule has 4 rings (SSSR count). The molecule has 1 fully saturated rings. The van der Waals surface area contributed by atoms with Gasteiger partial charge in [-0.05, 0) is 74.7 Å². The van der Waals surface area contributed by atoms with Crippen molar-refractivity contribution in [3.8, 4) is 16.9 Å². The molecule has 0 spiro atoms. The number of carbonyl (C=O) groups excluding carboxylic acids is 1. The first-order valence-corrected chi connectivity index (χ1v) is 12.1. The fourth-order valence-electron chi connectivity index (χ4n) is 4.24. The molecule has 1 aliphatic heterocycles. The summed E-state index contributed by atoms with van der Waals surface area (Å²) in [5, 5.41) is 3.23. The highest BCUT2D eigenvalue weighted by Crippen LogP contribution is 2.24. The van der Waals surface area contributed by atoms with Gasteiger partial charge in [0.2, 0.25) is 5.95 Å². The van der Waals surface area contributed by atoms with Gasteiger partial charge in [-0.1, -0.05) is 24.3 Å². The Morgan fingerprint density at radius 3 is 2.47 bits per heavy atom. The van der Waals surface area contributed by atoms with Gasteiger partial charge < -0.3 is 19.7 Å². The summed E-state index contributed by atoms with van der Waals surface area (Å²) in [6.07, 6.45) is 5.97. The van der Waals surface area contributed by atoms with Crippen LogP contribution in [0.1, 0.15) is 25.3 Å². The summed E-state index contributed by atoms with van der Waals surface area (Å²) in [6.45, 7) is 2.18. The van der Waals surface area contributed by atoms with Crippen molar-refractivity contribution in [3.63, 3.8) is 0 Å². The second-order valence-electron chi connectivity index (χ2n) is 8.64. The number of halogens is 2. The van der Waals surface area contributed by atoms with E-state index in [1.807, 2.05) is 19.1 Å². The number of anilines is 2.